The molecule has 4 saturated carbocycles. The fraction of sp³-hybridized carbons (Fsp3) is 0.500. The van der Waals surface area contributed by atoms with Crippen LogP contribution in [0.25, 0.3) is 10.9 Å². The van der Waals surface area contributed by atoms with E-state index in [2.05, 4.69) is 15.5 Å². The van der Waals surface area contributed by atoms with Crippen molar-refractivity contribution >= 4 is 22.5 Å². The fourth-order valence-electron chi connectivity index (χ4n) is 6.46. The predicted octanol–water partition coefficient (Wildman–Crippen LogP) is 5.26. The van der Waals surface area contributed by atoms with Gasteiger partial charge in [-0.2, -0.15) is 5.10 Å². The highest BCUT2D eigenvalue weighted by Crippen LogP contribution is 2.60. The molecule has 4 aliphatic rings. The number of benzene rings is 1. The number of H-pyrrole nitrogens is 1. The number of hydrogen-bond acceptors (Lipinski definition) is 4. The number of nitrogens with one attached hydrogen (secondary N) is 2. The van der Waals surface area contributed by atoms with E-state index in [0.717, 1.165) is 46.0 Å². The summed E-state index contributed by atoms with van der Waals surface area (Å²) >= 11 is 0. The van der Waals surface area contributed by atoms with Crippen molar-refractivity contribution in [2.75, 3.05) is 5.32 Å². The third kappa shape index (κ3) is 2.54. The van der Waals surface area contributed by atoms with Gasteiger partial charge >= 0.3 is 0 Å². The molecule has 2 aromatic heterocycles. The Balaban J connectivity index is 0.00000181. The Morgan fingerprint density at radius 2 is 1.79 bits per heavy atom. The lowest BCUT2D eigenvalue weighted by molar-refractivity contribution is -0.00940. The van der Waals surface area contributed by atoms with Crippen molar-refractivity contribution in [1.29, 1.82) is 0 Å². The second-order valence-electron chi connectivity index (χ2n) is 9.30. The summed E-state index contributed by atoms with van der Waals surface area (Å²) in [6.07, 6.45) is 7.91. The molecule has 2 N–H and O–H groups in total. The number of hydrogen-bond donors (Lipinski definition) is 2. The largest absolute Gasteiger partial charge is 0.323 e. The first-order chi connectivity index (χ1) is 13.6. The third-order valence-electron chi connectivity index (χ3n) is 7.14. The second-order valence-corrected chi connectivity index (χ2v) is 9.30. The summed E-state index contributed by atoms with van der Waals surface area (Å²) in [6, 6.07) is 6.58. The van der Waals surface area contributed by atoms with Crippen LogP contribution in [0.3, 0.4) is 0 Å². The number of rotatable bonds is 3. The van der Waals surface area contributed by atoms with Gasteiger partial charge in [-0.25, -0.2) is 14.4 Å². The van der Waals surface area contributed by atoms with Gasteiger partial charge in [-0.1, -0.05) is 0 Å². The minimum atomic E-state index is -0.273. The van der Waals surface area contributed by atoms with Crippen molar-refractivity contribution in [2.24, 2.45) is 17.8 Å². The van der Waals surface area contributed by atoms with Crippen molar-refractivity contribution in [2.45, 2.75) is 50.9 Å². The van der Waals surface area contributed by atoms with Crippen molar-refractivity contribution in [3.63, 3.8) is 0 Å². The van der Waals surface area contributed by atoms with E-state index in [0.29, 0.717) is 5.82 Å². The maximum atomic E-state index is 13.7. The van der Waals surface area contributed by atoms with Crippen LogP contribution in [0.4, 0.5) is 16.0 Å². The van der Waals surface area contributed by atoms with Crippen LogP contribution < -0.4 is 5.32 Å². The number of halogens is 1. The van der Waals surface area contributed by atoms with Crippen LogP contribution in [-0.2, 0) is 5.41 Å². The van der Waals surface area contributed by atoms with E-state index < -0.39 is 0 Å². The van der Waals surface area contributed by atoms with Gasteiger partial charge in [0.1, 0.15) is 17.5 Å². The zero-order valence-corrected chi connectivity index (χ0v) is 16.0. The molecule has 2 heterocycles. The predicted molar refractivity (Wildman–Crippen MR) is 108 cm³/mol. The van der Waals surface area contributed by atoms with Crippen LogP contribution in [0.1, 0.15) is 51.5 Å². The number of aryl methyl sites for hydroxylation is 1. The molecule has 28 heavy (non-hydrogen) atoms. The number of aromatic nitrogens is 4. The molecule has 1 aromatic carbocycles. The van der Waals surface area contributed by atoms with E-state index in [1.807, 2.05) is 13.0 Å². The van der Waals surface area contributed by atoms with E-state index in [4.69, 9.17) is 9.97 Å². The molecule has 0 saturated heterocycles. The van der Waals surface area contributed by atoms with E-state index >= 15 is 0 Å². The quantitative estimate of drug-likeness (QED) is 0.652. The standard InChI is InChI=1S/C22H24FN5.H2/c1-12-4-19(25-20-17-8-16(23)2-3-18(17)27-28-20)26-21(24-12)22-9-13-5-14(10-22)7-15(6-13)11-22;/h2-4,8,13-15H,5-7,9-11H2,1H3,(H2,24,25,26,27,28);1H. The Morgan fingerprint density at radius 1 is 1.07 bits per heavy atom. The van der Waals surface area contributed by atoms with E-state index in [1.165, 1.54) is 50.7 Å². The number of fused-ring (bicyclic) bond motifs is 1. The van der Waals surface area contributed by atoms with Gasteiger partial charge < -0.3 is 5.32 Å². The Kier molecular flexibility index (Phi) is 3.38. The molecule has 4 bridgehead atoms. The Labute approximate surface area is 164 Å². The summed E-state index contributed by atoms with van der Waals surface area (Å²) < 4.78 is 13.7. The molecule has 4 aliphatic carbocycles. The molecule has 0 atom stereocenters. The maximum absolute atomic E-state index is 13.7. The highest BCUT2D eigenvalue weighted by molar-refractivity contribution is 5.91. The second kappa shape index (κ2) is 5.75. The number of aromatic amines is 1. The van der Waals surface area contributed by atoms with Crippen molar-refractivity contribution < 1.29 is 5.82 Å². The Bertz CT molecular complexity index is 1040. The first-order valence-corrected chi connectivity index (χ1v) is 10.3. The van der Waals surface area contributed by atoms with Gasteiger partial charge in [0.05, 0.1) is 5.52 Å². The summed E-state index contributed by atoms with van der Waals surface area (Å²) in [7, 11) is 0. The minimum Gasteiger partial charge on any atom is -0.323 e. The van der Waals surface area contributed by atoms with Gasteiger partial charge in [0, 0.05) is 24.0 Å². The first-order valence-electron chi connectivity index (χ1n) is 10.3. The van der Waals surface area contributed by atoms with Crippen LogP contribution in [0.15, 0.2) is 24.3 Å². The molecule has 0 aliphatic heterocycles. The minimum absolute atomic E-state index is 0. The van der Waals surface area contributed by atoms with Gasteiger partial charge in [0.25, 0.3) is 0 Å². The zero-order valence-electron chi connectivity index (χ0n) is 16.0. The molecule has 146 valence electrons. The molecular weight excluding hydrogens is 353 g/mol. The third-order valence-corrected chi connectivity index (χ3v) is 7.14. The lowest BCUT2D eigenvalue weighted by atomic mass is 9.49. The summed E-state index contributed by atoms with van der Waals surface area (Å²) in [4.78, 5) is 9.85. The summed E-state index contributed by atoms with van der Waals surface area (Å²) in [5.41, 5.74) is 1.92. The van der Waals surface area contributed by atoms with Crippen LogP contribution >= 0.6 is 0 Å². The molecule has 0 unspecified atom stereocenters. The van der Waals surface area contributed by atoms with Gasteiger partial charge in [0.2, 0.25) is 0 Å². The van der Waals surface area contributed by atoms with Crippen LogP contribution in [0, 0.1) is 30.5 Å². The van der Waals surface area contributed by atoms with Gasteiger partial charge in [-0.05, 0) is 81.4 Å². The van der Waals surface area contributed by atoms with Crippen molar-refractivity contribution in [3.8, 4) is 0 Å². The highest BCUT2D eigenvalue weighted by atomic mass is 19.1. The first kappa shape index (κ1) is 16.5. The number of nitrogens with zero attached hydrogens (tertiary/aromatic N) is 3. The smallest absolute Gasteiger partial charge is 0.161 e. The van der Waals surface area contributed by atoms with Crippen LogP contribution in [0.5, 0.6) is 0 Å². The van der Waals surface area contributed by atoms with E-state index in [1.54, 1.807) is 6.07 Å². The SMILES string of the molecule is Cc1cc(Nc2n[nH]c3ccc(F)cc23)nc(C23CC4CC(CC(C4)C2)C3)n1.[HH]. The number of anilines is 2. The van der Waals surface area contributed by atoms with Crippen LogP contribution in [0.2, 0.25) is 0 Å². The molecule has 7 rings (SSSR count). The molecule has 0 amide bonds. The average Bonchev–Trinajstić information content (AvgIpc) is 3.02. The molecular formula is C22H26FN5. The van der Waals surface area contributed by atoms with Gasteiger partial charge in [-0.3, -0.25) is 5.10 Å². The van der Waals surface area contributed by atoms with Crippen molar-refractivity contribution in [1.82, 2.24) is 20.2 Å². The fourth-order valence-corrected chi connectivity index (χ4v) is 6.46. The summed E-state index contributed by atoms with van der Waals surface area (Å²) in [5.74, 6) is 4.63. The Morgan fingerprint density at radius 3 is 2.50 bits per heavy atom. The summed E-state index contributed by atoms with van der Waals surface area (Å²) in [6.45, 7) is 2.03. The van der Waals surface area contributed by atoms with Gasteiger partial charge in [-0.15, -0.1) is 0 Å². The van der Waals surface area contributed by atoms with E-state index in [-0.39, 0.29) is 12.7 Å². The van der Waals surface area contributed by atoms with Crippen molar-refractivity contribution in [3.05, 3.63) is 41.6 Å². The normalized spacial score (nSPS) is 30.9. The maximum Gasteiger partial charge on any atom is 0.161 e. The zero-order chi connectivity index (χ0) is 18.9. The summed E-state index contributed by atoms with van der Waals surface area (Å²) in [5, 5.41) is 11.3. The average molecular weight is 379 g/mol. The molecule has 4 fully saturated rings. The van der Waals surface area contributed by atoms with Crippen LogP contribution in [-0.4, -0.2) is 20.2 Å². The van der Waals surface area contributed by atoms with E-state index in [9.17, 15) is 4.39 Å². The topological polar surface area (TPSA) is 66.5 Å². The molecule has 3 aromatic rings. The van der Waals surface area contributed by atoms with Gasteiger partial charge in [0.15, 0.2) is 5.82 Å². The lowest BCUT2D eigenvalue weighted by Crippen LogP contribution is -2.49. The molecule has 0 spiro atoms. The molecule has 6 heteroatoms. The molecule has 5 nitrogen and oxygen atoms in total. The molecule has 0 radical (unpaired) electrons. The monoisotopic (exact) mass is 379 g/mol. The lowest BCUT2D eigenvalue weighted by Gasteiger charge is -2.56. The Hall–Kier alpha value is -2.50. The highest BCUT2D eigenvalue weighted by Gasteiger charge is 2.53.